The van der Waals surface area contributed by atoms with Crippen molar-refractivity contribution in [3.8, 4) is 5.75 Å². The minimum absolute atomic E-state index is 0.0764. The summed E-state index contributed by atoms with van der Waals surface area (Å²) in [5.41, 5.74) is 0. The van der Waals surface area contributed by atoms with Crippen LogP contribution in [0.25, 0.3) is 0 Å². The molecule has 1 aromatic carbocycles. The highest BCUT2D eigenvalue weighted by atomic mass is 19.1. The third kappa shape index (κ3) is 5.14. The number of hydrogen-bond donors (Lipinski definition) is 2. The molecular formula is C13H18FNO3. The van der Waals surface area contributed by atoms with Crippen molar-refractivity contribution < 1.29 is 19.0 Å². The van der Waals surface area contributed by atoms with E-state index in [-0.39, 0.29) is 37.4 Å². The predicted octanol–water partition coefficient (Wildman–Crippen LogP) is 1.48. The minimum atomic E-state index is -0.372. The molecular weight excluding hydrogens is 237 g/mol. The Kier molecular flexibility index (Phi) is 6.14. The number of carbonyl (C=O) groups excluding carboxylic acids is 1. The fraction of sp³-hybridized carbons (Fsp3) is 0.462. The topological polar surface area (TPSA) is 58.6 Å². The van der Waals surface area contributed by atoms with E-state index in [1.54, 1.807) is 12.1 Å². The van der Waals surface area contributed by atoms with Crippen molar-refractivity contribution in [1.29, 1.82) is 0 Å². The largest absolute Gasteiger partial charge is 0.493 e. The van der Waals surface area contributed by atoms with E-state index in [1.807, 2.05) is 6.92 Å². The molecule has 1 amide bonds. The third-order valence-corrected chi connectivity index (χ3v) is 2.47. The molecule has 2 N–H and O–H groups in total. The van der Waals surface area contributed by atoms with Crippen molar-refractivity contribution in [3.05, 3.63) is 30.1 Å². The Morgan fingerprint density at radius 1 is 1.56 bits per heavy atom. The predicted molar refractivity (Wildman–Crippen MR) is 65.8 cm³/mol. The van der Waals surface area contributed by atoms with Gasteiger partial charge in [-0.15, -0.1) is 0 Å². The second-order valence-electron chi connectivity index (χ2n) is 3.91. The molecule has 0 heterocycles. The minimum Gasteiger partial charge on any atom is -0.493 e. The molecule has 0 radical (unpaired) electrons. The molecule has 0 spiro atoms. The molecule has 0 saturated carbocycles. The molecule has 0 aliphatic heterocycles. The van der Waals surface area contributed by atoms with Crippen molar-refractivity contribution in [3.63, 3.8) is 0 Å². The standard InChI is InChI=1S/C13H18FNO3/c1-2-11(9-16)15-13(17)6-7-18-12-5-3-4-10(14)8-12/h3-5,8,11,16H,2,6-7,9H2,1H3,(H,15,17)/t11-/m1/s1. The second-order valence-corrected chi connectivity index (χ2v) is 3.91. The number of halogens is 1. The summed E-state index contributed by atoms with van der Waals surface area (Å²) in [4.78, 5) is 11.5. The van der Waals surface area contributed by atoms with Crippen LogP contribution in [0, 0.1) is 5.82 Å². The van der Waals surface area contributed by atoms with Crippen LogP contribution >= 0.6 is 0 Å². The van der Waals surface area contributed by atoms with E-state index in [4.69, 9.17) is 9.84 Å². The highest BCUT2D eigenvalue weighted by Crippen LogP contribution is 2.11. The summed E-state index contributed by atoms with van der Waals surface area (Å²) in [7, 11) is 0. The monoisotopic (exact) mass is 255 g/mol. The zero-order valence-electron chi connectivity index (χ0n) is 10.4. The van der Waals surface area contributed by atoms with Gasteiger partial charge in [0.05, 0.1) is 25.7 Å². The van der Waals surface area contributed by atoms with Crippen LogP contribution in [-0.4, -0.2) is 30.3 Å². The molecule has 18 heavy (non-hydrogen) atoms. The van der Waals surface area contributed by atoms with Crippen LogP contribution in [0.15, 0.2) is 24.3 Å². The average Bonchev–Trinajstić information content (AvgIpc) is 2.36. The Labute approximate surface area is 106 Å². The number of rotatable bonds is 7. The molecule has 0 unspecified atom stereocenters. The summed E-state index contributed by atoms with van der Waals surface area (Å²) in [5, 5.41) is 11.6. The Hall–Kier alpha value is -1.62. The number of amides is 1. The molecule has 0 fully saturated rings. The number of aliphatic hydroxyl groups is 1. The van der Waals surface area contributed by atoms with Crippen LogP contribution < -0.4 is 10.1 Å². The van der Waals surface area contributed by atoms with Crippen molar-refractivity contribution in [2.24, 2.45) is 0 Å². The molecule has 0 aliphatic carbocycles. The van der Waals surface area contributed by atoms with Gasteiger partial charge in [0.15, 0.2) is 0 Å². The first-order chi connectivity index (χ1) is 8.65. The van der Waals surface area contributed by atoms with E-state index in [0.717, 1.165) is 0 Å². The van der Waals surface area contributed by atoms with Crippen LogP contribution in [0.3, 0.4) is 0 Å². The summed E-state index contributed by atoms with van der Waals surface area (Å²) in [6, 6.07) is 5.55. The SMILES string of the molecule is CC[C@H](CO)NC(=O)CCOc1cccc(F)c1. The number of carbonyl (C=O) groups is 1. The van der Waals surface area contributed by atoms with Gasteiger partial charge < -0.3 is 15.2 Å². The van der Waals surface area contributed by atoms with Gasteiger partial charge in [-0.3, -0.25) is 4.79 Å². The number of hydrogen-bond acceptors (Lipinski definition) is 3. The van der Waals surface area contributed by atoms with Gasteiger partial charge in [0.1, 0.15) is 11.6 Å². The van der Waals surface area contributed by atoms with E-state index in [9.17, 15) is 9.18 Å². The first kappa shape index (κ1) is 14.4. The zero-order chi connectivity index (χ0) is 13.4. The Morgan fingerprint density at radius 2 is 2.33 bits per heavy atom. The van der Waals surface area contributed by atoms with Crippen molar-refractivity contribution in [2.75, 3.05) is 13.2 Å². The van der Waals surface area contributed by atoms with Crippen molar-refractivity contribution in [1.82, 2.24) is 5.32 Å². The second kappa shape index (κ2) is 7.66. The smallest absolute Gasteiger partial charge is 0.223 e. The average molecular weight is 255 g/mol. The normalized spacial score (nSPS) is 11.9. The quantitative estimate of drug-likeness (QED) is 0.776. The zero-order valence-corrected chi connectivity index (χ0v) is 10.4. The van der Waals surface area contributed by atoms with Crippen molar-refractivity contribution >= 4 is 5.91 Å². The van der Waals surface area contributed by atoms with Gasteiger partial charge in [0.25, 0.3) is 0 Å². The van der Waals surface area contributed by atoms with Gasteiger partial charge in [-0.25, -0.2) is 4.39 Å². The molecule has 1 aromatic rings. The first-order valence-corrected chi connectivity index (χ1v) is 5.94. The fourth-order valence-electron chi connectivity index (χ4n) is 1.40. The maximum Gasteiger partial charge on any atom is 0.223 e. The molecule has 4 nitrogen and oxygen atoms in total. The summed E-state index contributed by atoms with van der Waals surface area (Å²) < 4.78 is 18.1. The van der Waals surface area contributed by atoms with Gasteiger partial charge in [0, 0.05) is 6.07 Å². The number of nitrogens with one attached hydrogen (secondary N) is 1. The number of ether oxygens (including phenoxy) is 1. The maximum absolute atomic E-state index is 12.8. The third-order valence-electron chi connectivity index (χ3n) is 2.47. The molecule has 0 saturated heterocycles. The highest BCUT2D eigenvalue weighted by molar-refractivity contribution is 5.76. The molecule has 1 rings (SSSR count). The van der Waals surface area contributed by atoms with Gasteiger partial charge >= 0.3 is 0 Å². The summed E-state index contributed by atoms with van der Waals surface area (Å²) in [6.45, 7) is 1.98. The van der Waals surface area contributed by atoms with E-state index in [1.165, 1.54) is 12.1 Å². The molecule has 5 heteroatoms. The van der Waals surface area contributed by atoms with Crippen LogP contribution in [-0.2, 0) is 4.79 Å². The lowest BCUT2D eigenvalue weighted by Crippen LogP contribution is -2.37. The van der Waals surface area contributed by atoms with E-state index in [0.29, 0.717) is 12.2 Å². The van der Waals surface area contributed by atoms with E-state index < -0.39 is 0 Å². The summed E-state index contributed by atoms with van der Waals surface area (Å²) >= 11 is 0. The van der Waals surface area contributed by atoms with E-state index in [2.05, 4.69) is 5.32 Å². The van der Waals surface area contributed by atoms with Gasteiger partial charge in [-0.1, -0.05) is 13.0 Å². The highest BCUT2D eigenvalue weighted by Gasteiger charge is 2.08. The van der Waals surface area contributed by atoms with Crippen LogP contribution in [0.2, 0.25) is 0 Å². The van der Waals surface area contributed by atoms with Crippen LogP contribution in [0.5, 0.6) is 5.75 Å². The molecule has 1 atom stereocenters. The molecule has 100 valence electrons. The fourth-order valence-corrected chi connectivity index (χ4v) is 1.40. The molecule has 0 bridgehead atoms. The lowest BCUT2D eigenvalue weighted by Gasteiger charge is -2.14. The lowest BCUT2D eigenvalue weighted by atomic mass is 10.2. The Morgan fingerprint density at radius 3 is 2.94 bits per heavy atom. The van der Waals surface area contributed by atoms with Crippen LogP contribution in [0.1, 0.15) is 19.8 Å². The van der Waals surface area contributed by atoms with E-state index >= 15 is 0 Å². The van der Waals surface area contributed by atoms with Gasteiger partial charge in [-0.05, 0) is 18.6 Å². The van der Waals surface area contributed by atoms with Gasteiger partial charge in [-0.2, -0.15) is 0 Å². The van der Waals surface area contributed by atoms with Crippen molar-refractivity contribution in [2.45, 2.75) is 25.8 Å². The molecule has 0 aliphatic rings. The number of aliphatic hydroxyl groups excluding tert-OH is 1. The van der Waals surface area contributed by atoms with Crippen LogP contribution in [0.4, 0.5) is 4.39 Å². The maximum atomic E-state index is 12.8. The lowest BCUT2D eigenvalue weighted by molar-refractivity contribution is -0.122. The first-order valence-electron chi connectivity index (χ1n) is 5.94. The molecule has 0 aromatic heterocycles. The Balaban J connectivity index is 2.27. The van der Waals surface area contributed by atoms with Gasteiger partial charge in [0.2, 0.25) is 5.91 Å². The summed E-state index contributed by atoms with van der Waals surface area (Å²) in [5.74, 6) is -0.160. The summed E-state index contributed by atoms with van der Waals surface area (Å²) in [6.07, 6.45) is 0.847. The number of benzene rings is 1. The Bertz CT molecular complexity index is 380.